The maximum absolute atomic E-state index is 5.66. The number of rotatable bonds is 4. The molecule has 1 saturated carbocycles. The Morgan fingerprint density at radius 1 is 1.29 bits per heavy atom. The van der Waals surface area contributed by atoms with Crippen molar-refractivity contribution in [2.24, 2.45) is 5.92 Å². The Kier molecular flexibility index (Phi) is 3.64. The van der Waals surface area contributed by atoms with Crippen LogP contribution in [0.5, 0.6) is 5.75 Å². The topological polar surface area (TPSA) is 24.5 Å². The third kappa shape index (κ3) is 2.82. The van der Waals surface area contributed by atoms with E-state index in [0.717, 1.165) is 30.7 Å². The minimum absolute atomic E-state index is 0.566. The van der Waals surface area contributed by atoms with Crippen LogP contribution in [0.25, 0.3) is 0 Å². The molecule has 1 N–H and O–H groups in total. The number of likely N-dealkylation sites (tertiary alicyclic amines) is 1. The summed E-state index contributed by atoms with van der Waals surface area (Å²) in [6.45, 7) is 3.25. The van der Waals surface area contributed by atoms with Crippen LogP contribution in [-0.2, 0) is 6.42 Å². The molecule has 3 nitrogen and oxygen atoms in total. The lowest BCUT2D eigenvalue weighted by molar-refractivity contribution is 0.119. The molecule has 21 heavy (non-hydrogen) atoms. The maximum Gasteiger partial charge on any atom is 0.122 e. The summed E-state index contributed by atoms with van der Waals surface area (Å²) in [5, 5.41) is 3.75. The van der Waals surface area contributed by atoms with Crippen molar-refractivity contribution in [1.82, 2.24) is 10.2 Å². The van der Waals surface area contributed by atoms with E-state index in [0.29, 0.717) is 6.04 Å². The molecular formula is C18H26N2O. The zero-order valence-corrected chi connectivity index (χ0v) is 13.0. The van der Waals surface area contributed by atoms with Crippen molar-refractivity contribution in [3.05, 3.63) is 29.3 Å². The van der Waals surface area contributed by atoms with Crippen LogP contribution in [0.1, 0.15) is 42.9 Å². The number of hydrogen-bond acceptors (Lipinski definition) is 3. The van der Waals surface area contributed by atoms with Crippen molar-refractivity contribution < 1.29 is 4.74 Å². The van der Waals surface area contributed by atoms with Crippen LogP contribution in [0.4, 0.5) is 0 Å². The number of nitrogens with one attached hydrogen (secondary N) is 1. The molecule has 2 heterocycles. The lowest BCUT2D eigenvalue weighted by atomic mass is 9.84. The second-order valence-corrected chi connectivity index (χ2v) is 6.98. The molecule has 1 saturated heterocycles. The molecule has 2 unspecified atom stereocenters. The Hall–Kier alpha value is -1.06. The smallest absolute Gasteiger partial charge is 0.122 e. The number of nitrogens with zero attached hydrogens (tertiary/aromatic N) is 1. The van der Waals surface area contributed by atoms with E-state index in [2.05, 4.69) is 35.5 Å². The predicted octanol–water partition coefficient (Wildman–Crippen LogP) is 2.76. The standard InChI is InChI=1S/C18H26N2O/c1-20-9-2-3-15(12-19-16-5-6-16)18(20)14-4-7-17-13(11-14)8-10-21-17/h4,7,11,15-16,18-19H,2-3,5-6,8-10,12H2,1H3. The first-order valence-electron chi connectivity index (χ1n) is 8.50. The minimum Gasteiger partial charge on any atom is -0.493 e. The number of ether oxygens (including phenoxy) is 1. The van der Waals surface area contributed by atoms with E-state index in [1.807, 2.05) is 0 Å². The SMILES string of the molecule is CN1CCCC(CNC2CC2)C1c1ccc2c(c1)CCO2. The van der Waals surface area contributed by atoms with Gasteiger partial charge in [0.05, 0.1) is 6.61 Å². The highest BCUT2D eigenvalue weighted by atomic mass is 16.5. The molecule has 1 aliphatic carbocycles. The fourth-order valence-corrected chi connectivity index (χ4v) is 4.00. The molecule has 0 amide bonds. The fraction of sp³-hybridized carbons (Fsp3) is 0.667. The molecule has 2 aliphatic heterocycles. The first-order chi connectivity index (χ1) is 10.3. The molecule has 2 atom stereocenters. The summed E-state index contributed by atoms with van der Waals surface area (Å²) in [5.41, 5.74) is 2.89. The lowest BCUT2D eigenvalue weighted by Crippen LogP contribution is -2.41. The normalized spacial score (nSPS) is 29.2. The fourth-order valence-electron chi connectivity index (χ4n) is 4.00. The van der Waals surface area contributed by atoms with Crippen molar-refractivity contribution in [3.8, 4) is 5.75 Å². The van der Waals surface area contributed by atoms with Gasteiger partial charge in [-0.1, -0.05) is 12.1 Å². The van der Waals surface area contributed by atoms with Crippen LogP contribution in [0.15, 0.2) is 18.2 Å². The quantitative estimate of drug-likeness (QED) is 0.921. The summed E-state index contributed by atoms with van der Waals surface area (Å²) in [5.74, 6) is 1.84. The van der Waals surface area contributed by atoms with Gasteiger partial charge >= 0.3 is 0 Å². The van der Waals surface area contributed by atoms with E-state index < -0.39 is 0 Å². The molecule has 0 spiro atoms. The Balaban J connectivity index is 1.55. The van der Waals surface area contributed by atoms with Crippen molar-refractivity contribution in [2.75, 3.05) is 26.7 Å². The van der Waals surface area contributed by atoms with Crippen molar-refractivity contribution in [1.29, 1.82) is 0 Å². The first kappa shape index (κ1) is 13.6. The lowest BCUT2D eigenvalue weighted by Gasteiger charge is -2.40. The van der Waals surface area contributed by atoms with Crippen LogP contribution in [0, 0.1) is 5.92 Å². The van der Waals surface area contributed by atoms with E-state index in [1.165, 1.54) is 49.9 Å². The molecule has 2 fully saturated rings. The van der Waals surface area contributed by atoms with E-state index in [1.54, 1.807) is 0 Å². The third-order valence-electron chi connectivity index (χ3n) is 5.31. The van der Waals surface area contributed by atoms with Crippen LogP contribution in [-0.4, -0.2) is 37.7 Å². The van der Waals surface area contributed by atoms with Crippen LogP contribution < -0.4 is 10.1 Å². The van der Waals surface area contributed by atoms with Crippen molar-refractivity contribution >= 4 is 0 Å². The minimum atomic E-state index is 0.566. The number of hydrogen-bond donors (Lipinski definition) is 1. The Bertz CT molecular complexity index is 512. The summed E-state index contributed by atoms with van der Waals surface area (Å²) in [4.78, 5) is 2.56. The van der Waals surface area contributed by atoms with E-state index >= 15 is 0 Å². The van der Waals surface area contributed by atoms with Gasteiger partial charge in [-0.05, 0) is 62.4 Å². The summed E-state index contributed by atoms with van der Waals surface area (Å²) in [6, 6.07) is 8.26. The molecule has 114 valence electrons. The van der Waals surface area contributed by atoms with Crippen LogP contribution >= 0.6 is 0 Å². The zero-order valence-electron chi connectivity index (χ0n) is 13.0. The van der Waals surface area contributed by atoms with Gasteiger partial charge in [-0.25, -0.2) is 0 Å². The van der Waals surface area contributed by atoms with E-state index in [9.17, 15) is 0 Å². The summed E-state index contributed by atoms with van der Waals surface area (Å²) < 4.78 is 5.66. The second kappa shape index (κ2) is 5.62. The number of piperidine rings is 1. The highest BCUT2D eigenvalue weighted by molar-refractivity contribution is 5.41. The molecule has 3 heteroatoms. The number of fused-ring (bicyclic) bond motifs is 1. The molecule has 1 aromatic carbocycles. The molecule has 3 aliphatic rings. The Morgan fingerprint density at radius 3 is 3.05 bits per heavy atom. The van der Waals surface area contributed by atoms with Gasteiger partial charge in [0.25, 0.3) is 0 Å². The zero-order chi connectivity index (χ0) is 14.2. The largest absolute Gasteiger partial charge is 0.493 e. The molecule has 0 radical (unpaired) electrons. The van der Waals surface area contributed by atoms with Crippen molar-refractivity contribution in [2.45, 2.75) is 44.2 Å². The molecular weight excluding hydrogens is 260 g/mol. The van der Waals surface area contributed by atoms with E-state index in [-0.39, 0.29) is 0 Å². The van der Waals surface area contributed by atoms with Gasteiger partial charge in [-0.15, -0.1) is 0 Å². The average Bonchev–Trinajstić information content (AvgIpc) is 3.20. The molecule has 0 aromatic heterocycles. The van der Waals surface area contributed by atoms with E-state index in [4.69, 9.17) is 4.74 Å². The summed E-state index contributed by atoms with van der Waals surface area (Å²) >= 11 is 0. The third-order valence-corrected chi connectivity index (χ3v) is 5.31. The molecule has 0 bridgehead atoms. The van der Waals surface area contributed by atoms with Crippen LogP contribution in [0.3, 0.4) is 0 Å². The van der Waals surface area contributed by atoms with Crippen LogP contribution in [0.2, 0.25) is 0 Å². The summed E-state index contributed by atoms with van der Waals surface area (Å²) in [6.07, 6.45) is 6.51. The highest BCUT2D eigenvalue weighted by Crippen LogP contribution is 2.38. The van der Waals surface area contributed by atoms with Gasteiger partial charge in [0.1, 0.15) is 5.75 Å². The van der Waals surface area contributed by atoms with Gasteiger partial charge < -0.3 is 10.1 Å². The molecule has 1 aromatic rings. The monoisotopic (exact) mass is 286 g/mol. The summed E-state index contributed by atoms with van der Waals surface area (Å²) in [7, 11) is 2.29. The Morgan fingerprint density at radius 2 is 2.19 bits per heavy atom. The number of benzene rings is 1. The van der Waals surface area contributed by atoms with Crippen molar-refractivity contribution in [3.63, 3.8) is 0 Å². The average molecular weight is 286 g/mol. The maximum atomic E-state index is 5.66. The van der Waals surface area contributed by atoms with Gasteiger partial charge in [-0.3, -0.25) is 4.90 Å². The highest BCUT2D eigenvalue weighted by Gasteiger charge is 2.32. The first-order valence-corrected chi connectivity index (χ1v) is 8.50. The van der Waals surface area contributed by atoms with Gasteiger partial charge in [0, 0.05) is 25.0 Å². The van der Waals surface area contributed by atoms with Gasteiger partial charge in [-0.2, -0.15) is 0 Å². The predicted molar refractivity (Wildman–Crippen MR) is 84.8 cm³/mol. The van der Waals surface area contributed by atoms with Gasteiger partial charge in [0.15, 0.2) is 0 Å². The van der Waals surface area contributed by atoms with Gasteiger partial charge in [0.2, 0.25) is 0 Å². The second-order valence-electron chi connectivity index (χ2n) is 6.98. The Labute approximate surface area is 127 Å². The molecule has 4 rings (SSSR count).